The molecule has 3 heterocycles. The maximum atomic E-state index is 12.5. The fourth-order valence-corrected chi connectivity index (χ4v) is 4.56. The van der Waals surface area contributed by atoms with Gasteiger partial charge in [-0.15, -0.1) is 16.8 Å². The lowest BCUT2D eigenvalue weighted by Crippen LogP contribution is -2.15. The Morgan fingerprint density at radius 1 is 1.12 bits per heavy atom. The fraction of sp³-hybridized carbons (Fsp3) is 0.308. The van der Waals surface area contributed by atoms with Gasteiger partial charge in [0, 0.05) is 24.6 Å². The summed E-state index contributed by atoms with van der Waals surface area (Å²) in [5.41, 5.74) is 4.62. The van der Waals surface area contributed by atoms with Gasteiger partial charge in [0.1, 0.15) is 18.0 Å². The average molecular weight is 476 g/mol. The third-order valence-electron chi connectivity index (χ3n) is 5.48. The zero-order valence-corrected chi connectivity index (χ0v) is 20.8. The Kier molecular flexibility index (Phi) is 7.17. The topological polar surface area (TPSA) is 74.3 Å². The number of nitrogens with zero attached hydrogens (tertiary/aromatic N) is 5. The molecule has 0 fully saturated rings. The zero-order chi connectivity index (χ0) is 24.2. The number of aryl methyl sites for hydroxylation is 2. The van der Waals surface area contributed by atoms with E-state index in [1.54, 1.807) is 16.7 Å². The van der Waals surface area contributed by atoms with E-state index in [1.165, 1.54) is 17.3 Å². The Balaban J connectivity index is 1.53. The molecule has 0 spiro atoms. The molecule has 8 heteroatoms. The molecular weight excluding hydrogens is 446 g/mol. The van der Waals surface area contributed by atoms with Crippen LogP contribution >= 0.6 is 11.8 Å². The molecule has 1 aromatic carbocycles. The van der Waals surface area contributed by atoms with Gasteiger partial charge < -0.3 is 4.74 Å². The monoisotopic (exact) mass is 475 g/mol. The van der Waals surface area contributed by atoms with Gasteiger partial charge in [0.2, 0.25) is 0 Å². The Labute approximate surface area is 203 Å². The van der Waals surface area contributed by atoms with Crippen LogP contribution in [0.15, 0.2) is 65.2 Å². The molecule has 0 bridgehead atoms. The predicted molar refractivity (Wildman–Crippen MR) is 136 cm³/mol. The molecule has 0 N–H and O–H groups in total. The van der Waals surface area contributed by atoms with E-state index < -0.39 is 0 Å². The number of benzene rings is 1. The molecule has 34 heavy (non-hydrogen) atoms. The largest absolute Gasteiger partial charge is 0.485 e. The second-order valence-electron chi connectivity index (χ2n) is 8.59. The van der Waals surface area contributed by atoms with Crippen molar-refractivity contribution < 1.29 is 4.74 Å². The number of fused-ring (bicyclic) bond motifs is 1. The smallest absolute Gasteiger partial charge is 0.258 e. The summed E-state index contributed by atoms with van der Waals surface area (Å²) in [5, 5.41) is 9.48. The van der Waals surface area contributed by atoms with Gasteiger partial charge in [-0.05, 0) is 54.7 Å². The second kappa shape index (κ2) is 10.3. The standard InChI is InChI=1S/C26H29N5O2S/c1-6-10-31-24(15-33-22-12-18(4)7-8-21(22)17(2)3)28-29-26(31)34-16-20-14-25(32)30-11-9-19(5)13-23(30)27-20/h6-9,11-14,17H,1,10,15-16H2,2-5H3. The molecule has 176 valence electrons. The Morgan fingerprint density at radius 3 is 2.68 bits per heavy atom. The van der Waals surface area contributed by atoms with Gasteiger partial charge in [0.15, 0.2) is 11.0 Å². The van der Waals surface area contributed by atoms with Crippen LogP contribution in [0.25, 0.3) is 5.65 Å². The van der Waals surface area contributed by atoms with Crippen LogP contribution < -0.4 is 10.3 Å². The Morgan fingerprint density at radius 2 is 1.91 bits per heavy atom. The van der Waals surface area contributed by atoms with Crippen LogP contribution in [-0.2, 0) is 18.9 Å². The SMILES string of the molecule is C=CCn1c(COc2cc(C)ccc2C(C)C)nnc1SCc1cc(=O)n2ccc(C)cc2n1. The second-order valence-corrected chi connectivity index (χ2v) is 9.53. The first kappa shape index (κ1) is 23.8. The lowest BCUT2D eigenvalue weighted by Gasteiger charge is -2.15. The van der Waals surface area contributed by atoms with E-state index in [0.717, 1.165) is 27.9 Å². The van der Waals surface area contributed by atoms with E-state index in [9.17, 15) is 4.79 Å². The van der Waals surface area contributed by atoms with Crippen molar-refractivity contribution in [3.8, 4) is 5.75 Å². The number of hydrogen-bond donors (Lipinski definition) is 0. The van der Waals surface area contributed by atoms with Crippen molar-refractivity contribution in [2.75, 3.05) is 0 Å². The number of hydrogen-bond acceptors (Lipinski definition) is 6. The molecule has 0 unspecified atom stereocenters. The summed E-state index contributed by atoms with van der Waals surface area (Å²) in [6.07, 6.45) is 3.56. The predicted octanol–water partition coefficient (Wildman–Crippen LogP) is 5.08. The molecule has 0 radical (unpaired) electrons. The number of aromatic nitrogens is 5. The van der Waals surface area contributed by atoms with Gasteiger partial charge in [-0.2, -0.15) is 0 Å². The zero-order valence-electron chi connectivity index (χ0n) is 20.0. The minimum atomic E-state index is -0.0960. The van der Waals surface area contributed by atoms with Crippen LogP contribution in [0.4, 0.5) is 0 Å². The molecule has 7 nitrogen and oxygen atoms in total. The number of ether oxygens (including phenoxy) is 1. The molecule has 4 rings (SSSR count). The Bertz CT molecular complexity index is 1390. The fourth-order valence-electron chi connectivity index (χ4n) is 3.70. The van der Waals surface area contributed by atoms with E-state index in [2.05, 4.69) is 60.7 Å². The Hall–Kier alpha value is -3.39. The molecule has 0 saturated heterocycles. The minimum absolute atomic E-state index is 0.0960. The summed E-state index contributed by atoms with van der Waals surface area (Å²) in [6, 6.07) is 11.6. The maximum Gasteiger partial charge on any atom is 0.258 e. The number of allylic oxidation sites excluding steroid dienone is 1. The van der Waals surface area contributed by atoms with E-state index in [0.29, 0.717) is 36.2 Å². The molecular formula is C26H29N5O2S. The van der Waals surface area contributed by atoms with Crippen molar-refractivity contribution in [2.24, 2.45) is 0 Å². The lowest BCUT2D eigenvalue weighted by atomic mass is 10.0. The van der Waals surface area contributed by atoms with Gasteiger partial charge in [-0.3, -0.25) is 13.8 Å². The molecule has 0 aliphatic carbocycles. The van der Waals surface area contributed by atoms with Crippen LogP contribution in [0, 0.1) is 13.8 Å². The lowest BCUT2D eigenvalue weighted by molar-refractivity contribution is 0.285. The van der Waals surface area contributed by atoms with Crippen LogP contribution in [-0.4, -0.2) is 24.1 Å². The third kappa shape index (κ3) is 5.22. The van der Waals surface area contributed by atoms with Crippen molar-refractivity contribution in [3.63, 3.8) is 0 Å². The quantitative estimate of drug-likeness (QED) is 0.248. The number of pyridine rings is 1. The highest BCUT2D eigenvalue weighted by Crippen LogP contribution is 2.28. The summed E-state index contributed by atoms with van der Waals surface area (Å²) >= 11 is 1.49. The van der Waals surface area contributed by atoms with Crippen LogP contribution in [0.2, 0.25) is 0 Å². The first-order valence-corrected chi connectivity index (χ1v) is 12.2. The molecule has 0 amide bonds. The molecule has 4 aromatic rings. The number of rotatable bonds is 9. The highest BCUT2D eigenvalue weighted by molar-refractivity contribution is 7.98. The van der Waals surface area contributed by atoms with Gasteiger partial charge >= 0.3 is 0 Å². The highest BCUT2D eigenvalue weighted by Gasteiger charge is 2.15. The minimum Gasteiger partial charge on any atom is -0.485 e. The van der Waals surface area contributed by atoms with Gasteiger partial charge in [0.05, 0.1) is 5.69 Å². The summed E-state index contributed by atoms with van der Waals surface area (Å²) in [4.78, 5) is 17.1. The summed E-state index contributed by atoms with van der Waals surface area (Å²) in [5.74, 6) is 2.45. The van der Waals surface area contributed by atoms with Crippen molar-refractivity contribution in [2.45, 2.75) is 57.7 Å². The van der Waals surface area contributed by atoms with Gasteiger partial charge in [-0.25, -0.2) is 4.98 Å². The van der Waals surface area contributed by atoms with E-state index in [-0.39, 0.29) is 5.56 Å². The molecule has 0 aliphatic rings. The highest BCUT2D eigenvalue weighted by atomic mass is 32.2. The summed E-state index contributed by atoms with van der Waals surface area (Å²) < 4.78 is 9.72. The van der Waals surface area contributed by atoms with Crippen molar-refractivity contribution in [1.82, 2.24) is 24.1 Å². The summed E-state index contributed by atoms with van der Waals surface area (Å²) in [6.45, 7) is 13.1. The third-order valence-corrected chi connectivity index (χ3v) is 6.48. The van der Waals surface area contributed by atoms with E-state index in [4.69, 9.17) is 4.74 Å². The maximum absolute atomic E-state index is 12.5. The van der Waals surface area contributed by atoms with Crippen molar-refractivity contribution >= 4 is 17.4 Å². The number of thioether (sulfide) groups is 1. The van der Waals surface area contributed by atoms with Crippen LogP contribution in [0.5, 0.6) is 5.75 Å². The first-order valence-electron chi connectivity index (χ1n) is 11.2. The first-order chi connectivity index (χ1) is 16.4. The normalized spacial score (nSPS) is 11.3. The molecule has 0 saturated carbocycles. The van der Waals surface area contributed by atoms with E-state index in [1.807, 2.05) is 29.7 Å². The van der Waals surface area contributed by atoms with Crippen LogP contribution in [0.1, 0.15) is 48.0 Å². The molecule has 0 atom stereocenters. The molecule has 3 aromatic heterocycles. The van der Waals surface area contributed by atoms with Crippen molar-refractivity contribution in [3.05, 3.63) is 93.8 Å². The van der Waals surface area contributed by atoms with Gasteiger partial charge in [0.25, 0.3) is 5.56 Å². The average Bonchev–Trinajstić information content (AvgIpc) is 3.17. The van der Waals surface area contributed by atoms with E-state index >= 15 is 0 Å². The molecule has 0 aliphatic heterocycles. The summed E-state index contributed by atoms with van der Waals surface area (Å²) in [7, 11) is 0. The van der Waals surface area contributed by atoms with Crippen LogP contribution in [0.3, 0.4) is 0 Å². The van der Waals surface area contributed by atoms with Gasteiger partial charge in [-0.1, -0.05) is 43.8 Å². The van der Waals surface area contributed by atoms with Crippen molar-refractivity contribution in [1.29, 1.82) is 0 Å².